The highest BCUT2D eigenvalue weighted by molar-refractivity contribution is 5.28. The van der Waals surface area contributed by atoms with E-state index in [1.807, 2.05) is 12.1 Å². The molecule has 2 N–H and O–H groups in total. The van der Waals surface area contributed by atoms with Gasteiger partial charge in [0.25, 0.3) is 0 Å². The summed E-state index contributed by atoms with van der Waals surface area (Å²) in [5.74, 6) is 0.361. The van der Waals surface area contributed by atoms with Gasteiger partial charge < -0.3 is 10.4 Å². The van der Waals surface area contributed by atoms with E-state index in [4.69, 9.17) is 0 Å². The smallest absolute Gasteiger partial charge is 0.115 e. The van der Waals surface area contributed by atoms with Gasteiger partial charge in [0, 0.05) is 19.1 Å². The number of phenols is 1. The molecule has 2 atom stereocenters. The number of benzene rings is 1. The number of likely N-dealkylation sites (tertiary alicyclic amines) is 1. The molecule has 3 rings (SSSR count). The maximum Gasteiger partial charge on any atom is 0.115 e. The van der Waals surface area contributed by atoms with E-state index in [0.29, 0.717) is 17.2 Å². The molecule has 21 heavy (non-hydrogen) atoms. The monoisotopic (exact) mass is 288 g/mol. The first kappa shape index (κ1) is 14.9. The van der Waals surface area contributed by atoms with Crippen molar-refractivity contribution in [1.82, 2.24) is 10.2 Å². The summed E-state index contributed by atoms with van der Waals surface area (Å²) in [5.41, 5.74) is 1.84. The van der Waals surface area contributed by atoms with Crippen molar-refractivity contribution in [3.8, 4) is 5.75 Å². The number of piperidine rings is 2. The topological polar surface area (TPSA) is 35.5 Å². The van der Waals surface area contributed by atoms with Gasteiger partial charge in [0.1, 0.15) is 5.75 Å². The highest BCUT2D eigenvalue weighted by atomic mass is 16.3. The van der Waals surface area contributed by atoms with Crippen molar-refractivity contribution in [3.05, 3.63) is 29.8 Å². The second kappa shape index (κ2) is 6.37. The zero-order chi connectivity index (χ0) is 14.7. The molecule has 1 aromatic rings. The van der Waals surface area contributed by atoms with E-state index >= 15 is 0 Å². The third-order valence-corrected chi connectivity index (χ3v) is 5.36. The molecular weight excluding hydrogens is 260 g/mol. The van der Waals surface area contributed by atoms with Crippen LogP contribution in [0.5, 0.6) is 5.75 Å². The summed E-state index contributed by atoms with van der Waals surface area (Å²) in [7, 11) is 0. The van der Waals surface area contributed by atoms with Crippen molar-refractivity contribution >= 4 is 0 Å². The summed E-state index contributed by atoms with van der Waals surface area (Å²) >= 11 is 0. The van der Waals surface area contributed by atoms with Crippen LogP contribution in [0, 0.1) is 5.41 Å². The van der Waals surface area contributed by atoms with E-state index in [9.17, 15) is 5.11 Å². The minimum absolute atomic E-state index is 0.361. The molecule has 3 heteroatoms. The van der Waals surface area contributed by atoms with E-state index in [1.165, 1.54) is 57.4 Å². The molecule has 0 bridgehead atoms. The van der Waals surface area contributed by atoms with Crippen LogP contribution in [0.15, 0.2) is 24.3 Å². The molecule has 3 nitrogen and oxygen atoms in total. The van der Waals surface area contributed by atoms with Crippen LogP contribution in [-0.4, -0.2) is 36.2 Å². The third-order valence-electron chi connectivity index (χ3n) is 5.36. The summed E-state index contributed by atoms with van der Waals surface area (Å²) < 4.78 is 0. The summed E-state index contributed by atoms with van der Waals surface area (Å²) in [5, 5.41) is 13.1. The Balaban J connectivity index is 1.75. The summed E-state index contributed by atoms with van der Waals surface area (Å²) in [4.78, 5) is 2.68. The van der Waals surface area contributed by atoms with Crippen molar-refractivity contribution in [2.75, 3.05) is 26.2 Å². The first-order chi connectivity index (χ1) is 10.2. The lowest BCUT2D eigenvalue weighted by molar-refractivity contribution is 0.0355. The Hall–Kier alpha value is -1.06. The Bertz CT molecular complexity index is 445. The highest BCUT2D eigenvalue weighted by Gasteiger charge is 2.38. The van der Waals surface area contributed by atoms with Crippen molar-refractivity contribution in [1.29, 1.82) is 0 Å². The number of phenolic OH excluding ortho intramolecular Hbond substituents is 1. The maximum atomic E-state index is 9.50. The Morgan fingerprint density at radius 1 is 1.24 bits per heavy atom. The quantitative estimate of drug-likeness (QED) is 0.895. The van der Waals surface area contributed by atoms with Gasteiger partial charge >= 0.3 is 0 Å². The average molecular weight is 288 g/mol. The molecule has 116 valence electrons. The average Bonchev–Trinajstić information content (AvgIpc) is 2.51. The molecule has 1 spiro atoms. The SMILES string of the molecule is CCC(c1ccc(O)cc1)N1CCCC2(CCCNC2)C1. The predicted octanol–water partition coefficient (Wildman–Crippen LogP) is 3.31. The molecule has 0 amide bonds. The van der Waals surface area contributed by atoms with Crippen LogP contribution < -0.4 is 5.32 Å². The number of nitrogens with one attached hydrogen (secondary N) is 1. The summed E-state index contributed by atoms with van der Waals surface area (Å²) in [6.45, 7) is 7.09. The van der Waals surface area contributed by atoms with Crippen LogP contribution in [0.25, 0.3) is 0 Å². The first-order valence-electron chi connectivity index (χ1n) is 8.46. The van der Waals surface area contributed by atoms with E-state index in [2.05, 4.69) is 29.3 Å². The Morgan fingerprint density at radius 3 is 2.67 bits per heavy atom. The van der Waals surface area contributed by atoms with Gasteiger partial charge in [-0.25, -0.2) is 0 Å². The fourth-order valence-electron chi connectivity index (χ4n) is 4.29. The van der Waals surface area contributed by atoms with Crippen LogP contribution >= 0.6 is 0 Å². The molecule has 2 saturated heterocycles. The molecule has 0 radical (unpaired) electrons. The Kier molecular flexibility index (Phi) is 4.51. The van der Waals surface area contributed by atoms with E-state index < -0.39 is 0 Å². The van der Waals surface area contributed by atoms with Crippen molar-refractivity contribution < 1.29 is 5.11 Å². The molecule has 2 heterocycles. The number of hydrogen-bond acceptors (Lipinski definition) is 3. The molecule has 0 saturated carbocycles. The van der Waals surface area contributed by atoms with Crippen LogP contribution in [-0.2, 0) is 0 Å². The maximum absolute atomic E-state index is 9.50. The lowest BCUT2D eigenvalue weighted by atomic mass is 9.74. The number of nitrogens with zero attached hydrogens (tertiary/aromatic N) is 1. The standard InChI is InChI=1S/C18H28N2O/c1-2-17(15-5-7-16(21)8-6-15)20-12-4-10-18(14-20)9-3-11-19-13-18/h5-8,17,19,21H,2-4,9-14H2,1H3. The summed E-state index contributed by atoms with van der Waals surface area (Å²) in [6.07, 6.45) is 6.53. The lowest BCUT2D eigenvalue weighted by Crippen LogP contribution is -2.51. The fraction of sp³-hybridized carbons (Fsp3) is 0.667. The van der Waals surface area contributed by atoms with Crippen molar-refractivity contribution in [3.63, 3.8) is 0 Å². The van der Waals surface area contributed by atoms with Crippen LogP contribution in [0.2, 0.25) is 0 Å². The molecule has 2 unspecified atom stereocenters. The molecule has 0 aromatic heterocycles. The number of hydrogen-bond donors (Lipinski definition) is 2. The second-order valence-corrected chi connectivity index (χ2v) is 6.87. The van der Waals surface area contributed by atoms with E-state index in [-0.39, 0.29) is 0 Å². The normalized spacial score (nSPS) is 28.6. The van der Waals surface area contributed by atoms with E-state index in [0.717, 1.165) is 6.42 Å². The first-order valence-corrected chi connectivity index (χ1v) is 8.46. The number of aromatic hydroxyl groups is 1. The lowest BCUT2D eigenvalue weighted by Gasteiger charge is -2.48. The van der Waals surface area contributed by atoms with Gasteiger partial charge in [-0.05, 0) is 68.3 Å². The molecular formula is C18H28N2O. The van der Waals surface area contributed by atoms with Crippen LogP contribution in [0.3, 0.4) is 0 Å². The molecule has 2 aliphatic rings. The summed E-state index contributed by atoms with van der Waals surface area (Å²) in [6, 6.07) is 8.30. The van der Waals surface area contributed by atoms with Gasteiger partial charge in [-0.2, -0.15) is 0 Å². The second-order valence-electron chi connectivity index (χ2n) is 6.87. The molecule has 1 aromatic carbocycles. The Labute approximate surface area is 128 Å². The molecule has 0 aliphatic carbocycles. The minimum Gasteiger partial charge on any atom is -0.508 e. The van der Waals surface area contributed by atoms with Gasteiger partial charge in [-0.1, -0.05) is 19.1 Å². The van der Waals surface area contributed by atoms with Gasteiger partial charge in [0.15, 0.2) is 0 Å². The zero-order valence-corrected chi connectivity index (χ0v) is 13.1. The number of rotatable bonds is 3. The van der Waals surface area contributed by atoms with Crippen LogP contribution in [0.4, 0.5) is 0 Å². The third kappa shape index (κ3) is 3.24. The largest absolute Gasteiger partial charge is 0.508 e. The predicted molar refractivity (Wildman–Crippen MR) is 86.5 cm³/mol. The van der Waals surface area contributed by atoms with E-state index in [1.54, 1.807) is 0 Å². The highest BCUT2D eigenvalue weighted by Crippen LogP contribution is 2.39. The van der Waals surface area contributed by atoms with Gasteiger partial charge in [-0.15, -0.1) is 0 Å². The fourth-order valence-corrected chi connectivity index (χ4v) is 4.29. The van der Waals surface area contributed by atoms with Crippen LogP contribution in [0.1, 0.15) is 50.6 Å². The minimum atomic E-state index is 0.361. The Morgan fingerprint density at radius 2 is 2.00 bits per heavy atom. The van der Waals surface area contributed by atoms with Gasteiger partial charge in [0.05, 0.1) is 0 Å². The van der Waals surface area contributed by atoms with Gasteiger partial charge in [0.2, 0.25) is 0 Å². The van der Waals surface area contributed by atoms with Crippen molar-refractivity contribution in [2.24, 2.45) is 5.41 Å². The van der Waals surface area contributed by atoms with Gasteiger partial charge in [-0.3, -0.25) is 4.90 Å². The zero-order valence-electron chi connectivity index (χ0n) is 13.1. The molecule has 2 aliphatic heterocycles. The van der Waals surface area contributed by atoms with Crippen molar-refractivity contribution in [2.45, 2.75) is 45.1 Å². The molecule has 2 fully saturated rings.